The van der Waals surface area contributed by atoms with Gasteiger partial charge in [0.05, 0.1) is 11.1 Å². The number of nitrogens with zero attached hydrogens (tertiary/aromatic N) is 1. The minimum Gasteiger partial charge on any atom is -0.481 e. The number of hydrogen-bond acceptors (Lipinski definition) is 2. The van der Waals surface area contributed by atoms with Crippen LogP contribution in [0.2, 0.25) is 0 Å². The lowest BCUT2D eigenvalue weighted by Crippen LogP contribution is -2.58. The van der Waals surface area contributed by atoms with E-state index in [1.165, 1.54) is 17.0 Å². The fourth-order valence-electron chi connectivity index (χ4n) is 4.94. The third-order valence-electron chi connectivity index (χ3n) is 6.22. The normalized spacial score (nSPS) is 20.5. The quantitative estimate of drug-likeness (QED) is 0.711. The number of fused-ring (bicyclic) bond motifs is 1. The maximum absolute atomic E-state index is 13.7. The Hall–Kier alpha value is -2.90. The van der Waals surface area contributed by atoms with Gasteiger partial charge in [0.25, 0.3) is 5.91 Å². The highest BCUT2D eigenvalue weighted by Crippen LogP contribution is 2.51. The molecule has 2 aliphatic rings. The number of carboxylic acids is 1. The molecule has 1 atom stereocenters. The smallest absolute Gasteiger partial charge is 0.419 e. The van der Waals surface area contributed by atoms with Crippen molar-refractivity contribution < 1.29 is 32.3 Å². The molecule has 30 heavy (non-hydrogen) atoms. The summed E-state index contributed by atoms with van der Waals surface area (Å²) in [6, 6.07) is 9.10. The molecule has 0 radical (unpaired) electrons. The van der Waals surface area contributed by atoms with Crippen molar-refractivity contribution >= 4 is 11.9 Å². The first-order valence-corrected chi connectivity index (χ1v) is 9.64. The molecule has 1 amide bonds. The van der Waals surface area contributed by atoms with Gasteiger partial charge >= 0.3 is 12.1 Å². The lowest BCUT2D eigenvalue weighted by Gasteiger charge is -2.49. The Labute approximate surface area is 170 Å². The Morgan fingerprint density at radius 3 is 2.43 bits per heavy atom. The van der Waals surface area contributed by atoms with Crippen LogP contribution in [0.3, 0.4) is 0 Å². The van der Waals surface area contributed by atoms with Gasteiger partial charge in [-0.05, 0) is 42.2 Å². The lowest BCUT2D eigenvalue weighted by atomic mass is 9.71. The maximum atomic E-state index is 13.7. The van der Waals surface area contributed by atoms with Gasteiger partial charge in [-0.25, -0.2) is 4.39 Å². The van der Waals surface area contributed by atoms with Gasteiger partial charge in [-0.1, -0.05) is 37.1 Å². The van der Waals surface area contributed by atoms with E-state index in [-0.39, 0.29) is 17.7 Å². The summed E-state index contributed by atoms with van der Waals surface area (Å²) in [6.07, 6.45) is -2.55. The molecule has 4 rings (SSSR count). The van der Waals surface area contributed by atoms with Crippen LogP contribution in [0.25, 0.3) is 0 Å². The van der Waals surface area contributed by atoms with Crippen molar-refractivity contribution in [1.29, 1.82) is 0 Å². The average molecular weight is 421 g/mol. The summed E-state index contributed by atoms with van der Waals surface area (Å²) in [4.78, 5) is 27.0. The average Bonchev–Trinajstić information content (AvgIpc) is 3.15. The summed E-state index contributed by atoms with van der Waals surface area (Å²) < 4.78 is 53.1. The molecule has 1 unspecified atom stereocenters. The molecule has 0 aromatic heterocycles. The molecule has 1 aliphatic heterocycles. The SMILES string of the molecule is O=C(O)C1c2ccccc2C(=O)N(Cc2ccc(F)c(C(F)(F)F)c2)C12CCCC2. The van der Waals surface area contributed by atoms with E-state index in [1.807, 2.05) is 0 Å². The van der Waals surface area contributed by atoms with Crippen LogP contribution in [0.5, 0.6) is 0 Å². The summed E-state index contributed by atoms with van der Waals surface area (Å²) in [5.41, 5.74) is -1.65. The second-order valence-corrected chi connectivity index (χ2v) is 7.87. The standard InChI is InChI=1S/C22H19F4NO3/c23-17-8-7-13(11-16(17)22(24,25)26)12-27-19(28)15-6-2-1-5-14(15)18(20(29)30)21(27)9-3-4-10-21/h1-2,5-8,11,18H,3-4,9-10,12H2,(H,29,30). The number of amides is 1. The molecule has 0 bridgehead atoms. The van der Waals surface area contributed by atoms with E-state index in [2.05, 4.69) is 0 Å². The van der Waals surface area contributed by atoms with E-state index in [0.717, 1.165) is 6.07 Å². The van der Waals surface area contributed by atoms with Gasteiger partial charge in [0.15, 0.2) is 0 Å². The highest BCUT2D eigenvalue weighted by atomic mass is 19.4. The molecule has 1 spiro atoms. The minimum atomic E-state index is -4.87. The van der Waals surface area contributed by atoms with Gasteiger partial charge in [-0.2, -0.15) is 13.2 Å². The first kappa shape index (κ1) is 20.4. The first-order chi connectivity index (χ1) is 14.1. The predicted molar refractivity (Wildman–Crippen MR) is 99.3 cm³/mol. The van der Waals surface area contributed by atoms with Crippen molar-refractivity contribution in [2.24, 2.45) is 0 Å². The second-order valence-electron chi connectivity index (χ2n) is 7.87. The zero-order valence-electron chi connectivity index (χ0n) is 15.9. The minimum absolute atomic E-state index is 0.104. The monoisotopic (exact) mass is 421 g/mol. The highest BCUT2D eigenvalue weighted by Gasteiger charge is 2.55. The van der Waals surface area contributed by atoms with Crippen molar-refractivity contribution in [3.8, 4) is 0 Å². The van der Waals surface area contributed by atoms with Crippen molar-refractivity contribution in [3.05, 3.63) is 70.5 Å². The Balaban J connectivity index is 1.83. The van der Waals surface area contributed by atoms with Crippen molar-refractivity contribution in [1.82, 2.24) is 4.90 Å². The molecule has 1 heterocycles. The number of carbonyl (C=O) groups is 2. The Morgan fingerprint density at radius 1 is 1.13 bits per heavy atom. The van der Waals surface area contributed by atoms with E-state index in [1.54, 1.807) is 18.2 Å². The van der Waals surface area contributed by atoms with Crippen molar-refractivity contribution in [3.63, 3.8) is 0 Å². The maximum Gasteiger partial charge on any atom is 0.419 e. The fraction of sp³-hybridized carbons (Fsp3) is 0.364. The highest BCUT2D eigenvalue weighted by molar-refractivity contribution is 6.01. The van der Waals surface area contributed by atoms with Gasteiger partial charge in [0, 0.05) is 12.1 Å². The van der Waals surface area contributed by atoms with Crippen LogP contribution in [0.15, 0.2) is 42.5 Å². The Bertz CT molecular complexity index is 1010. The molecular weight excluding hydrogens is 402 g/mol. The molecule has 1 saturated carbocycles. The van der Waals surface area contributed by atoms with Crippen LogP contribution >= 0.6 is 0 Å². The van der Waals surface area contributed by atoms with Gasteiger partial charge in [0.1, 0.15) is 11.7 Å². The molecule has 158 valence electrons. The van der Waals surface area contributed by atoms with E-state index < -0.39 is 40.9 Å². The molecule has 1 fully saturated rings. The molecular formula is C22H19F4NO3. The van der Waals surface area contributed by atoms with Gasteiger partial charge < -0.3 is 10.0 Å². The van der Waals surface area contributed by atoms with Crippen LogP contribution < -0.4 is 0 Å². The zero-order chi connectivity index (χ0) is 21.7. The van der Waals surface area contributed by atoms with E-state index in [9.17, 15) is 32.3 Å². The topological polar surface area (TPSA) is 57.6 Å². The number of halogens is 4. The van der Waals surface area contributed by atoms with Crippen LogP contribution in [0.1, 0.15) is 58.6 Å². The van der Waals surface area contributed by atoms with Crippen molar-refractivity contribution in [2.45, 2.75) is 49.9 Å². The van der Waals surface area contributed by atoms with E-state index in [0.29, 0.717) is 37.3 Å². The third-order valence-corrected chi connectivity index (χ3v) is 6.22. The van der Waals surface area contributed by atoms with Gasteiger partial charge in [0.2, 0.25) is 0 Å². The number of alkyl halides is 3. The number of benzene rings is 2. The summed E-state index contributed by atoms with van der Waals surface area (Å²) in [5, 5.41) is 10.0. The largest absolute Gasteiger partial charge is 0.481 e. The molecule has 0 saturated heterocycles. The number of carbonyl (C=O) groups excluding carboxylic acids is 1. The van der Waals surface area contributed by atoms with Crippen LogP contribution in [0, 0.1) is 5.82 Å². The fourth-order valence-corrected chi connectivity index (χ4v) is 4.94. The van der Waals surface area contributed by atoms with Gasteiger partial charge in [-0.15, -0.1) is 0 Å². The summed E-state index contributed by atoms with van der Waals surface area (Å²) in [5.74, 6) is -3.85. The van der Waals surface area contributed by atoms with Gasteiger partial charge in [-0.3, -0.25) is 9.59 Å². The molecule has 2 aromatic rings. The van der Waals surface area contributed by atoms with Crippen LogP contribution in [-0.2, 0) is 17.5 Å². The lowest BCUT2D eigenvalue weighted by molar-refractivity contribution is -0.143. The van der Waals surface area contributed by atoms with E-state index in [4.69, 9.17) is 0 Å². The number of hydrogen-bond donors (Lipinski definition) is 1. The predicted octanol–water partition coefficient (Wildman–Crippen LogP) is 4.98. The first-order valence-electron chi connectivity index (χ1n) is 9.64. The van der Waals surface area contributed by atoms with Crippen LogP contribution in [-0.4, -0.2) is 27.4 Å². The van der Waals surface area contributed by atoms with Crippen molar-refractivity contribution in [2.75, 3.05) is 0 Å². The Kier molecular flexibility index (Phi) is 4.83. The Morgan fingerprint density at radius 2 is 1.80 bits per heavy atom. The number of carboxylic acid groups (broad SMARTS) is 1. The summed E-state index contributed by atoms with van der Waals surface area (Å²) >= 11 is 0. The van der Waals surface area contributed by atoms with Crippen LogP contribution in [0.4, 0.5) is 17.6 Å². The molecule has 1 N–H and O–H groups in total. The number of aliphatic carboxylic acids is 1. The molecule has 2 aromatic carbocycles. The molecule has 1 aliphatic carbocycles. The molecule has 8 heteroatoms. The third kappa shape index (κ3) is 3.14. The second kappa shape index (κ2) is 7.11. The zero-order valence-corrected chi connectivity index (χ0v) is 15.9. The van der Waals surface area contributed by atoms with E-state index >= 15 is 0 Å². The molecule has 4 nitrogen and oxygen atoms in total. The summed E-state index contributed by atoms with van der Waals surface area (Å²) in [7, 11) is 0. The summed E-state index contributed by atoms with van der Waals surface area (Å²) in [6.45, 7) is -0.222. The number of rotatable bonds is 3.